The van der Waals surface area contributed by atoms with Crippen LogP contribution in [0.4, 0.5) is 0 Å². The largest absolute Gasteiger partial charge is 0.405 e. The number of aromatic nitrogens is 3. The van der Waals surface area contributed by atoms with Crippen molar-refractivity contribution in [3.63, 3.8) is 0 Å². The summed E-state index contributed by atoms with van der Waals surface area (Å²) in [7, 11) is 4.11. The predicted octanol–water partition coefficient (Wildman–Crippen LogP) is 4.03. The number of nitrogens with one attached hydrogen (secondary N) is 1. The molecule has 3 N–H and O–H groups in total. The van der Waals surface area contributed by atoms with E-state index < -0.39 is 0 Å². The molecule has 0 unspecified atom stereocenters. The average molecular weight is 399 g/mol. The Balaban J connectivity index is 1.86. The molecule has 3 aromatic rings. The number of nitrogens with zero attached hydrogens (tertiary/aromatic N) is 4. The second kappa shape index (κ2) is 7.99. The standard InChI is InChI=1S/C24H26N6/c1-16-9-10-23-21(15-29(16)2)24(28-30(23)3)19-8-4-6-17-12-22(27-14-20(17)19)18(13-26)7-5-11-25/h4-8,11-14,26H,1,9-10,15,25H2,2-3H3/b11-5+,18-7+,26-13?. The van der Waals surface area contributed by atoms with Crippen molar-refractivity contribution in [3.8, 4) is 11.3 Å². The summed E-state index contributed by atoms with van der Waals surface area (Å²) in [6.07, 6.45) is 9.99. The van der Waals surface area contributed by atoms with Crippen LogP contribution in [0.3, 0.4) is 0 Å². The Hall–Kier alpha value is -3.67. The van der Waals surface area contributed by atoms with Gasteiger partial charge in [-0.2, -0.15) is 5.10 Å². The molecule has 4 rings (SSSR count). The molecular formula is C24H26N6. The van der Waals surface area contributed by atoms with Crippen molar-refractivity contribution in [2.75, 3.05) is 7.05 Å². The summed E-state index contributed by atoms with van der Waals surface area (Å²) in [5.41, 5.74) is 12.6. The van der Waals surface area contributed by atoms with Gasteiger partial charge in [0.05, 0.1) is 11.4 Å². The summed E-state index contributed by atoms with van der Waals surface area (Å²) in [5.74, 6) is 0. The van der Waals surface area contributed by atoms with Gasteiger partial charge in [0.25, 0.3) is 0 Å². The predicted molar refractivity (Wildman–Crippen MR) is 123 cm³/mol. The summed E-state index contributed by atoms with van der Waals surface area (Å²) >= 11 is 0. The number of allylic oxidation sites excluding steroid dienone is 4. The van der Waals surface area contributed by atoms with Gasteiger partial charge in [-0.1, -0.05) is 24.8 Å². The van der Waals surface area contributed by atoms with Gasteiger partial charge in [0, 0.05) is 66.5 Å². The second-order valence-electron chi connectivity index (χ2n) is 7.57. The number of hydrogen-bond donors (Lipinski definition) is 2. The Morgan fingerprint density at radius 3 is 2.87 bits per heavy atom. The van der Waals surface area contributed by atoms with E-state index in [4.69, 9.17) is 16.2 Å². The normalized spacial score (nSPS) is 14.9. The third-order valence-electron chi connectivity index (χ3n) is 5.72. The minimum atomic E-state index is 0.704. The van der Waals surface area contributed by atoms with E-state index >= 15 is 0 Å². The minimum absolute atomic E-state index is 0.704. The van der Waals surface area contributed by atoms with Crippen LogP contribution in [0.5, 0.6) is 0 Å². The molecule has 0 bridgehead atoms. The van der Waals surface area contributed by atoms with E-state index in [1.165, 1.54) is 23.7 Å². The van der Waals surface area contributed by atoms with Crippen molar-refractivity contribution in [1.29, 1.82) is 5.41 Å². The molecule has 0 radical (unpaired) electrons. The Kier molecular flexibility index (Phi) is 5.23. The molecule has 6 heteroatoms. The van der Waals surface area contributed by atoms with Crippen molar-refractivity contribution < 1.29 is 0 Å². The highest BCUT2D eigenvalue weighted by Gasteiger charge is 2.23. The topological polar surface area (TPSA) is 83.8 Å². The van der Waals surface area contributed by atoms with Crippen molar-refractivity contribution in [3.05, 3.63) is 78.0 Å². The molecule has 0 spiro atoms. The lowest BCUT2D eigenvalue weighted by molar-refractivity contribution is 0.407. The molecule has 1 aliphatic heterocycles. The highest BCUT2D eigenvalue weighted by molar-refractivity contribution is 6.09. The molecule has 1 aromatic carbocycles. The first-order valence-electron chi connectivity index (χ1n) is 9.95. The molecule has 0 fully saturated rings. The fourth-order valence-electron chi connectivity index (χ4n) is 4.00. The fourth-order valence-corrected chi connectivity index (χ4v) is 4.00. The van der Waals surface area contributed by atoms with E-state index in [1.807, 2.05) is 24.0 Å². The minimum Gasteiger partial charge on any atom is -0.405 e. The fraction of sp³-hybridized carbons (Fsp3) is 0.208. The van der Waals surface area contributed by atoms with E-state index in [0.29, 0.717) is 5.57 Å². The van der Waals surface area contributed by atoms with Gasteiger partial charge >= 0.3 is 0 Å². The van der Waals surface area contributed by atoms with E-state index in [0.717, 1.165) is 52.8 Å². The van der Waals surface area contributed by atoms with Gasteiger partial charge in [-0.15, -0.1) is 0 Å². The number of aryl methyl sites for hydroxylation is 1. The monoisotopic (exact) mass is 398 g/mol. The molecule has 30 heavy (non-hydrogen) atoms. The smallest absolute Gasteiger partial charge is 0.0982 e. The summed E-state index contributed by atoms with van der Waals surface area (Å²) < 4.78 is 2.01. The summed E-state index contributed by atoms with van der Waals surface area (Å²) in [5, 5.41) is 14.7. The molecule has 6 nitrogen and oxygen atoms in total. The molecule has 152 valence electrons. The summed E-state index contributed by atoms with van der Waals surface area (Å²) in [6.45, 7) is 5.00. The van der Waals surface area contributed by atoms with Gasteiger partial charge in [0.2, 0.25) is 0 Å². The number of nitrogens with two attached hydrogens (primary N) is 1. The average Bonchev–Trinajstić information content (AvgIpc) is 2.97. The highest BCUT2D eigenvalue weighted by Crippen LogP contribution is 2.35. The zero-order valence-corrected chi connectivity index (χ0v) is 17.4. The number of hydrogen-bond acceptors (Lipinski definition) is 5. The number of pyridine rings is 1. The lowest BCUT2D eigenvalue weighted by Crippen LogP contribution is -2.14. The number of benzene rings is 1. The maximum Gasteiger partial charge on any atom is 0.0982 e. The first-order valence-corrected chi connectivity index (χ1v) is 9.95. The molecular weight excluding hydrogens is 372 g/mol. The lowest BCUT2D eigenvalue weighted by Gasteiger charge is -2.19. The maximum absolute atomic E-state index is 7.69. The van der Waals surface area contributed by atoms with Crippen molar-refractivity contribution >= 4 is 22.6 Å². The second-order valence-corrected chi connectivity index (χ2v) is 7.57. The zero-order valence-electron chi connectivity index (χ0n) is 17.4. The van der Waals surface area contributed by atoms with Crippen LogP contribution >= 0.6 is 0 Å². The van der Waals surface area contributed by atoms with Crippen LogP contribution in [0, 0.1) is 5.41 Å². The number of rotatable bonds is 4. The van der Waals surface area contributed by atoms with E-state index in [-0.39, 0.29) is 0 Å². The van der Waals surface area contributed by atoms with Crippen molar-refractivity contribution in [2.45, 2.75) is 19.4 Å². The molecule has 0 atom stereocenters. The van der Waals surface area contributed by atoms with Crippen LogP contribution in [0.15, 0.2) is 61.1 Å². The molecule has 0 aliphatic carbocycles. The zero-order chi connectivity index (χ0) is 21.3. The summed E-state index contributed by atoms with van der Waals surface area (Å²) in [4.78, 5) is 6.84. The van der Waals surface area contributed by atoms with Crippen LogP contribution in [-0.2, 0) is 20.0 Å². The van der Waals surface area contributed by atoms with Crippen LogP contribution < -0.4 is 5.73 Å². The third-order valence-corrected chi connectivity index (χ3v) is 5.72. The van der Waals surface area contributed by atoms with Crippen molar-refractivity contribution in [1.82, 2.24) is 19.7 Å². The molecule has 1 aliphatic rings. The van der Waals surface area contributed by atoms with Crippen molar-refractivity contribution in [2.24, 2.45) is 12.8 Å². The quantitative estimate of drug-likeness (QED) is 0.513. The van der Waals surface area contributed by atoms with Gasteiger partial charge < -0.3 is 16.0 Å². The van der Waals surface area contributed by atoms with Crippen LogP contribution in [-0.4, -0.2) is 32.9 Å². The molecule has 3 heterocycles. The van der Waals surface area contributed by atoms with Gasteiger partial charge in [0.15, 0.2) is 0 Å². The van der Waals surface area contributed by atoms with Crippen LogP contribution in [0.1, 0.15) is 23.4 Å². The van der Waals surface area contributed by atoms with E-state index in [1.54, 1.807) is 12.2 Å². The van der Waals surface area contributed by atoms with Gasteiger partial charge in [-0.25, -0.2) is 0 Å². The third kappa shape index (κ3) is 3.41. The Morgan fingerprint density at radius 2 is 2.10 bits per heavy atom. The molecule has 2 aromatic heterocycles. The van der Waals surface area contributed by atoms with Crippen LogP contribution in [0.2, 0.25) is 0 Å². The Bertz CT molecular complexity index is 1200. The van der Waals surface area contributed by atoms with Gasteiger partial charge in [0.1, 0.15) is 0 Å². The Morgan fingerprint density at radius 1 is 1.27 bits per heavy atom. The molecule has 0 saturated heterocycles. The maximum atomic E-state index is 7.69. The first-order chi connectivity index (χ1) is 14.5. The highest BCUT2D eigenvalue weighted by atomic mass is 15.3. The molecule has 0 saturated carbocycles. The SMILES string of the molecule is C=C1CCc2c(c(-c3cccc4cc(/C(C=N)=C/C=C/N)ncc34)nn2C)CN1C. The Labute approximate surface area is 176 Å². The van der Waals surface area contributed by atoms with E-state index in [2.05, 4.69) is 41.7 Å². The number of fused-ring (bicyclic) bond motifs is 2. The first kappa shape index (κ1) is 19.6. The summed E-state index contributed by atoms with van der Waals surface area (Å²) in [6, 6.07) is 8.24. The van der Waals surface area contributed by atoms with E-state index in [9.17, 15) is 0 Å². The lowest BCUT2D eigenvalue weighted by atomic mass is 9.98. The van der Waals surface area contributed by atoms with Gasteiger partial charge in [-0.05, 0) is 42.6 Å². The van der Waals surface area contributed by atoms with Crippen LogP contribution in [0.25, 0.3) is 27.6 Å². The van der Waals surface area contributed by atoms with Gasteiger partial charge in [-0.3, -0.25) is 9.67 Å². The molecule has 0 amide bonds.